The summed E-state index contributed by atoms with van der Waals surface area (Å²) in [5, 5.41) is 7.09. The molecular weight excluding hydrogens is 362 g/mol. The summed E-state index contributed by atoms with van der Waals surface area (Å²) in [4.78, 5) is 12.0. The molecular formula is C19H21F4N3O. The van der Waals surface area contributed by atoms with Crippen LogP contribution in [-0.4, -0.2) is 21.9 Å². The van der Waals surface area contributed by atoms with Crippen molar-refractivity contribution in [3.05, 3.63) is 47.5 Å². The minimum Gasteiger partial charge on any atom is -0.349 e. The average molecular weight is 383 g/mol. The first kappa shape index (κ1) is 19.4. The molecule has 146 valence electrons. The number of benzene rings is 1. The lowest BCUT2D eigenvalue weighted by Gasteiger charge is -2.36. The molecule has 1 aromatic carbocycles. The summed E-state index contributed by atoms with van der Waals surface area (Å²) in [5.41, 5.74) is 2.18. The van der Waals surface area contributed by atoms with Crippen LogP contribution in [0.3, 0.4) is 0 Å². The summed E-state index contributed by atoms with van der Waals surface area (Å²) in [7, 11) is 0. The van der Waals surface area contributed by atoms with Gasteiger partial charge in [-0.2, -0.15) is 18.3 Å². The Hall–Kier alpha value is -2.38. The number of nitrogens with zero attached hydrogens (tertiary/aromatic N) is 2. The molecule has 2 aromatic rings. The highest BCUT2D eigenvalue weighted by molar-refractivity contribution is 5.76. The van der Waals surface area contributed by atoms with Gasteiger partial charge in [-0.15, -0.1) is 0 Å². The molecule has 1 aliphatic rings. The van der Waals surface area contributed by atoms with Crippen molar-refractivity contribution in [1.29, 1.82) is 0 Å². The van der Waals surface area contributed by atoms with Crippen LogP contribution >= 0.6 is 0 Å². The molecule has 3 rings (SSSR count). The predicted octanol–water partition coefficient (Wildman–Crippen LogP) is 4.48. The molecule has 1 amide bonds. The van der Waals surface area contributed by atoms with E-state index in [2.05, 4.69) is 10.4 Å². The number of carbonyl (C=O) groups excluding carboxylic acids is 1. The van der Waals surface area contributed by atoms with Crippen LogP contribution in [-0.2, 0) is 11.2 Å². The number of fused-ring (bicyclic) bond motifs is 1. The second-order valence-electron chi connectivity index (χ2n) is 7.72. The molecule has 0 aliphatic heterocycles. The summed E-state index contributed by atoms with van der Waals surface area (Å²) in [6.45, 7) is 4.07. The fraction of sp³-hybridized carbons (Fsp3) is 0.474. The van der Waals surface area contributed by atoms with E-state index in [1.54, 1.807) is 23.0 Å². The summed E-state index contributed by atoms with van der Waals surface area (Å²) >= 11 is 0. The second-order valence-corrected chi connectivity index (χ2v) is 7.72. The van der Waals surface area contributed by atoms with Gasteiger partial charge >= 0.3 is 6.18 Å². The summed E-state index contributed by atoms with van der Waals surface area (Å²) in [5.74, 6) is -0.981. The lowest BCUT2D eigenvalue weighted by atomic mass is 9.74. The molecule has 27 heavy (non-hydrogen) atoms. The number of amides is 1. The number of rotatable bonds is 4. The molecule has 0 unspecified atom stereocenters. The molecule has 0 fully saturated rings. The molecule has 8 heteroatoms. The highest BCUT2D eigenvalue weighted by Crippen LogP contribution is 2.41. The van der Waals surface area contributed by atoms with Crippen LogP contribution in [0.25, 0.3) is 5.69 Å². The van der Waals surface area contributed by atoms with Crippen LogP contribution in [0.4, 0.5) is 17.6 Å². The molecule has 0 spiro atoms. The third kappa shape index (κ3) is 4.67. The Morgan fingerprint density at radius 2 is 1.96 bits per heavy atom. The first-order valence-corrected chi connectivity index (χ1v) is 8.73. The molecule has 1 atom stereocenters. The maximum absolute atomic E-state index is 13.2. The number of alkyl halides is 3. The van der Waals surface area contributed by atoms with E-state index in [4.69, 9.17) is 0 Å². The number of halogens is 4. The largest absolute Gasteiger partial charge is 0.389 e. The minimum absolute atomic E-state index is 0.174. The van der Waals surface area contributed by atoms with E-state index < -0.39 is 31.0 Å². The fourth-order valence-corrected chi connectivity index (χ4v) is 3.50. The van der Waals surface area contributed by atoms with Crippen molar-refractivity contribution < 1.29 is 22.4 Å². The summed E-state index contributed by atoms with van der Waals surface area (Å²) < 4.78 is 52.0. The first-order valence-electron chi connectivity index (χ1n) is 8.73. The first-order chi connectivity index (χ1) is 12.5. The summed E-state index contributed by atoms with van der Waals surface area (Å²) in [6, 6.07) is 5.50. The van der Waals surface area contributed by atoms with Crippen molar-refractivity contribution in [2.75, 3.05) is 0 Å². The Labute approximate surface area is 154 Å². The van der Waals surface area contributed by atoms with Crippen LogP contribution in [0, 0.1) is 11.2 Å². The van der Waals surface area contributed by atoms with Gasteiger partial charge in [0, 0.05) is 12.0 Å². The van der Waals surface area contributed by atoms with Crippen LogP contribution < -0.4 is 5.32 Å². The molecule has 0 radical (unpaired) electrons. The predicted molar refractivity (Wildman–Crippen MR) is 91.8 cm³/mol. The third-order valence-electron chi connectivity index (χ3n) is 4.72. The van der Waals surface area contributed by atoms with Crippen molar-refractivity contribution in [3.63, 3.8) is 0 Å². The summed E-state index contributed by atoms with van der Waals surface area (Å²) in [6.07, 6.45) is -3.18. The van der Waals surface area contributed by atoms with Gasteiger partial charge in [0.25, 0.3) is 0 Å². The zero-order valence-corrected chi connectivity index (χ0v) is 15.1. The number of aromatic nitrogens is 2. The van der Waals surface area contributed by atoms with Gasteiger partial charge in [0.2, 0.25) is 5.91 Å². The topological polar surface area (TPSA) is 46.9 Å². The standard InChI is InChI=1S/C19H21F4N3O/c1-18(2)9-15(25-17(27)7-8-19(21,22)23)14-11-24-26(16(14)10-18)13-5-3-12(20)4-6-13/h3-6,11,15H,7-10H2,1-2H3,(H,25,27)/t15-/m0/s1. The number of hydrogen-bond acceptors (Lipinski definition) is 2. The van der Waals surface area contributed by atoms with Gasteiger partial charge in [-0.25, -0.2) is 9.07 Å². The molecule has 0 bridgehead atoms. The van der Waals surface area contributed by atoms with Gasteiger partial charge in [-0.1, -0.05) is 13.8 Å². The monoisotopic (exact) mass is 383 g/mol. The molecule has 4 nitrogen and oxygen atoms in total. The molecule has 1 aromatic heterocycles. The Morgan fingerprint density at radius 1 is 1.30 bits per heavy atom. The van der Waals surface area contributed by atoms with Crippen molar-refractivity contribution in [2.45, 2.75) is 51.7 Å². The Morgan fingerprint density at radius 3 is 2.59 bits per heavy atom. The highest BCUT2D eigenvalue weighted by Gasteiger charge is 2.36. The van der Waals surface area contributed by atoms with Crippen molar-refractivity contribution in [1.82, 2.24) is 15.1 Å². The van der Waals surface area contributed by atoms with E-state index in [-0.39, 0.29) is 11.2 Å². The number of nitrogens with one attached hydrogen (secondary N) is 1. The molecule has 1 N–H and O–H groups in total. The Kier molecular flexibility index (Phi) is 5.01. The van der Waals surface area contributed by atoms with Crippen LogP contribution in [0.15, 0.2) is 30.5 Å². The van der Waals surface area contributed by atoms with Gasteiger partial charge < -0.3 is 5.32 Å². The zero-order chi connectivity index (χ0) is 19.8. The SMILES string of the molecule is CC1(C)Cc2c(cnn2-c2ccc(F)cc2)[C@@H](NC(=O)CCC(F)(F)F)C1. The molecule has 1 aliphatic carbocycles. The smallest absolute Gasteiger partial charge is 0.349 e. The minimum atomic E-state index is -4.36. The third-order valence-corrected chi connectivity index (χ3v) is 4.72. The van der Waals surface area contributed by atoms with Gasteiger partial charge in [0.15, 0.2) is 0 Å². The maximum Gasteiger partial charge on any atom is 0.389 e. The van der Waals surface area contributed by atoms with Crippen molar-refractivity contribution in [2.24, 2.45) is 5.41 Å². The van der Waals surface area contributed by atoms with Gasteiger partial charge in [0.1, 0.15) is 5.82 Å². The van der Waals surface area contributed by atoms with Gasteiger partial charge in [-0.3, -0.25) is 4.79 Å². The van der Waals surface area contributed by atoms with Gasteiger partial charge in [-0.05, 0) is 42.5 Å². The van der Waals surface area contributed by atoms with E-state index in [0.717, 1.165) is 11.3 Å². The number of hydrogen-bond donors (Lipinski definition) is 1. The second kappa shape index (κ2) is 6.98. The zero-order valence-electron chi connectivity index (χ0n) is 15.1. The number of carbonyl (C=O) groups is 1. The fourth-order valence-electron chi connectivity index (χ4n) is 3.50. The molecule has 0 saturated heterocycles. The van der Waals surface area contributed by atoms with Crippen molar-refractivity contribution >= 4 is 5.91 Å². The maximum atomic E-state index is 13.2. The van der Waals surface area contributed by atoms with Crippen molar-refractivity contribution in [3.8, 4) is 5.69 Å². The van der Waals surface area contributed by atoms with Crippen LogP contribution in [0.1, 0.15) is 50.4 Å². The normalized spacial score (nSPS) is 18.8. The van der Waals surface area contributed by atoms with E-state index in [9.17, 15) is 22.4 Å². The molecule has 0 saturated carbocycles. The Bertz CT molecular complexity index is 824. The highest BCUT2D eigenvalue weighted by atomic mass is 19.4. The van der Waals surface area contributed by atoms with E-state index in [0.29, 0.717) is 18.5 Å². The van der Waals surface area contributed by atoms with E-state index in [1.807, 2.05) is 13.8 Å². The van der Waals surface area contributed by atoms with Crippen LogP contribution in [0.2, 0.25) is 0 Å². The Balaban J connectivity index is 1.85. The average Bonchev–Trinajstić information content (AvgIpc) is 2.95. The van der Waals surface area contributed by atoms with Crippen LogP contribution in [0.5, 0.6) is 0 Å². The quantitative estimate of drug-likeness (QED) is 0.791. The lowest BCUT2D eigenvalue weighted by Crippen LogP contribution is -2.37. The van der Waals surface area contributed by atoms with E-state index >= 15 is 0 Å². The molecule has 1 heterocycles. The van der Waals surface area contributed by atoms with Gasteiger partial charge in [0.05, 0.1) is 30.0 Å². The lowest BCUT2D eigenvalue weighted by molar-refractivity contribution is -0.144. The van der Waals surface area contributed by atoms with E-state index in [1.165, 1.54) is 12.1 Å².